The molecule has 36 heavy (non-hydrogen) atoms. The van der Waals surface area contributed by atoms with Crippen LogP contribution >= 0.6 is 0 Å². The summed E-state index contributed by atoms with van der Waals surface area (Å²) in [7, 11) is 1.53. The van der Waals surface area contributed by atoms with Crippen molar-refractivity contribution in [2.75, 3.05) is 20.2 Å². The second kappa shape index (κ2) is 9.68. The molecule has 1 heterocycles. The Morgan fingerprint density at radius 2 is 1.61 bits per heavy atom. The van der Waals surface area contributed by atoms with Crippen molar-refractivity contribution in [1.29, 1.82) is 0 Å². The van der Waals surface area contributed by atoms with Crippen molar-refractivity contribution >= 4 is 17.6 Å². The fourth-order valence-corrected chi connectivity index (χ4v) is 5.56. The van der Waals surface area contributed by atoms with E-state index in [0.29, 0.717) is 50.1 Å². The third-order valence-electron chi connectivity index (χ3n) is 7.37. The summed E-state index contributed by atoms with van der Waals surface area (Å²) in [5, 5.41) is 2.98. The Labute approximate surface area is 212 Å². The van der Waals surface area contributed by atoms with E-state index in [-0.39, 0.29) is 29.0 Å². The highest BCUT2D eigenvalue weighted by molar-refractivity contribution is 6.11. The smallest absolute Gasteiger partial charge is 0.317 e. The van der Waals surface area contributed by atoms with Gasteiger partial charge in [0.2, 0.25) is 0 Å². The molecule has 2 fully saturated rings. The second-order valence-corrected chi connectivity index (χ2v) is 11.3. The number of nitrogens with zero attached hydrogens (tertiary/aromatic N) is 1. The number of rotatable bonds is 3. The van der Waals surface area contributed by atoms with Gasteiger partial charge in [-0.3, -0.25) is 9.59 Å². The van der Waals surface area contributed by atoms with Gasteiger partial charge in [-0.2, -0.15) is 0 Å². The van der Waals surface area contributed by atoms with Gasteiger partial charge in [0.1, 0.15) is 29.1 Å². The van der Waals surface area contributed by atoms with Crippen LogP contribution in [0.3, 0.4) is 0 Å². The number of likely N-dealkylation sites (tertiary alicyclic amines) is 1. The van der Waals surface area contributed by atoms with E-state index in [2.05, 4.69) is 5.32 Å². The summed E-state index contributed by atoms with van der Waals surface area (Å²) < 4.78 is 19.0. The minimum atomic E-state index is -0.852. The first-order chi connectivity index (χ1) is 16.9. The molecule has 2 aliphatic rings. The van der Waals surface area contributed by atoms with E-state index in [1.54, 1.807) is 17.0 Å². The maximum Gasteiger partial charge on any atom is 0.317 e. The SMILES string of the molecule is COc1cc(-c2ccc(F)cc2)cc(C)c1C1C(=O)CC2(CCN(C(=O)NC(C)(C)C)CC2)CC1=O. The first-order valence-electron chi connectivity index (χ1n) is 12.5. The molecule has 6 nitrogen and oxygen atoms in total. The topological polar surface area (TPSA) is 75.7 Å². The van der Waals surface area contributed by atoms with Crippen LogP contribution in [0.2, 0.25) is 0 Å². The zero-order valence-electron chi connectivity index (χ0n) is 21.7. The van der Waals surface area contributed by atoms with Crippen LogP contribution in [0.25, 0.3) is 11.1 Å². The predicted octanol–water partition coefficient (Wildman–Crippen LogP) is 5.42. The van der Waals surface area contributed by atoms with Gasteiger partial charge in [-0.25, -0.2) is 9.18 Å². The van der Waals surface area contributed by atoms with E-state index >= 15 is 0 Å². The fraction of sp³-hybridized carbons (Fsp3) is 0.483. The van der Waals surface area contributed by atoms with Gasteiger partial charge in [-0.05, 0) is 80.8 Å². The molecular formula is C29H35FN2O4. The zero-order valence-corrected chi connectivity index (χ0v) is 21.7. The third kappa shape index (κ3) is 5.30. The highest BCUT2D eigenvalue weighted by Gasteiger charge is 2.48. The average molecular weight is 495 g/mol. The van der Waals surface area contributed by atoms with Gasteiger partial charge >= 0.3 is 6.03 Å². The first-order valence-corrected chi connectivity index (χ1v) is 12.5. The van der Waals surface area contributed by atoms with Crippen molar-refractivity contribution in [3.63, 3.8) is 0 Å². The molecule has 2 aromatic carbocycles. The number of methoxy groups -OCH3 is 1. The van der Waals surface area contributed by atoms with Crippen LogP contribution in [0, 0.1) is 18.2 Å². The maximum atomic E-state index is 13.5. The van der Waals surface area contributed by atoms with Crippen LogP contribution in [-0.2, 0) is 9.59 Å². The van der Waals surface area contributed by atoms with Crippen molar-refractivity contribution in [2.24, 2.45) is 5.41 Å². The minimum Gasteiger partial charge on any atom is -0.496 e. The molecule has 2 aromatic rings. The highest BCUT2D eigenvalue weighted by Crippen LogP contribution is 2.48. The van der Waals surface area contributed by atoms with E-state index in [9.17, 15) is 18.8 Å². The monoisotopic (exact) mass is 494 g/mol. The molecule has 192 valence electrons. The number of amides is 2. The van der Waals surface area contributed by atoms with E-state index < -0.39 is 11.3 Å². The number of Topliss-reactive ketones (excluding diaryl/α,β-unsaturated/α-hetero) is 2. The molecule has 7 heteroatoms. The standard InChI is InChI=1S/C29H35FN2O4/c1-18-14-20(19-6-8-21(30)9-7-19)15-24(36-5)25(18)26-22(33)16-29(17-23(26)34)10-12-32(13-11-29)27(35)31-28(2,3)4/h6-9,14-15,26H,10-13,16-17H2,1-5H3,(H,31,35). The van der Waals surface area contributed by atoms with E-state index in [1.807, 2.05) is 39.8 Å². The molecule has 0 atom stereocenters. The fourth-order valence-electron chi connectivity index (χ4n) is 5.56. The zero-order chi connectivity index (χ0) is 26.3. The molecule has 0 aromatic heterocycles. The lowest BCUT2D eigenvalue weighted by atomic mass is 9.63. The highest BCUT2D eigenvalue weighted by atomic mass is 19.1. The van der Waals surface area contributed by atoms with Crippen molar-refractivity contribution in [1.82, 2.24) is 10.2 Å². The summed E-state index contributed by atoms with van der Waals surface area (Å²) >= 11 is 0. The molecule has 1 aliphatic heterocycles. The van der Waals surface area contributed by atoms with Gasteiger partial charge in [0, 0.05) is 37.0 Å². The molecule has 1 saturated heterocycles. The molecule has 1 spiro atoms. The lowest BCUT2D eigenvalue weighted by molar-refractivity contribution is -0.138. The summed E-state index contributed by atoms with van der Waals surface area (Å²) in [5.41, 5.74) is 2.37. The summed E-state index contributed by atoms with van der Waals surface area (Å²) in [5.74, 6) is -0.850. The van der Waals surface area contributed by atoms with Gasteiger partial charge in [0.05, 0.1) is 7.11 Å². The normalized spacial score (nSPS) is 18.4. The first kappa shape index (κ1) is 25.9. The molecule has 2 amide bonds. The summed E-state index contributed by atoms with van der Waals surface area (Å²) in [4.78, 5) is 41.3. The maximum absolute atomic E-state index is 13.5. The molecule has 1 saturated carbocycles. The van der Waals surface area contributed by atoms with Gasteiger partial charge in [0.25, 0.3) is 0 Å². The number of aryl methyl sites for hydroxylation is 1. The lowest BCUT2D eigenvalue weighted by Crippen LogP contribution is -2.53. The van der Waals surface area contributed by atoms with Crippen LogP contribution in [0.1, 0.15) is 63.5 Å². The number of benzene rings is 2. The Morgan fingerprint density at radius 3 is 2.14 bits per heavy atom. The van der Waals surface area contributed by atoms with Crippen LogP contribution in [-0.4, -0.2) is 48.2 Å². The number of hydrogen-bond donors (Lipinski definition) is 1. The van der Waals surface area contributed by atoms with Crippen molar-refractivity contribution in [3.8, 4) is 16.9 Å². The summed E-state index contributed by atoms with van der Waals surface area (Å²) in [6, 6.07) is 9.81. The van der Waals surface area contributed by atoms with E-state index in [4.69, 9.17) is 4.74 Å². The lowest BCUT2D eigenvalue weighted by Gasteiger charge is -2.45. The van der Waals surface area contributed by atoms with Crippen molar-refractivity contribution in [3.05, 3.63) is 53.3 Å². The number of hydrogen-bond acceptors (Lipinski definition) is 4. The van der Waals surface area contributed by atoms with E-state index in [1.165, 1.54) is 19.2 Å². The summed E-state index contributed by atoms with van der Waals surface area (Å²) in [6.07, 6.45) is 1.91. The number of ether oxygens (including phenoxy) is 1. The Morgan fingerprint density at radius 1 is 1.03 bits per heavy atom. The molecule has 0 radical (unpaired) electrons. The van der Waals surface area contributed by atoms with Crippen LogP contribution < -0.4 is 10.1 Å². The van der Waals surface area contributed by atoms with Crippen molar-refractivity contribution in [2.45, 2.75) is 64.8 Å². The summed E-state index contributed by atoms with van der Waals surface area (Å²) in [6.45, 7) is 8.76. The molecule has 1 N–H and O–H groups in total. The Kier molecular flexibility index (Phi) is 6.95. The third-order valence-corrected chi connectivity index (χ3v) is 7.37. The van der Waals surface area contributed by atoms with Crippen LogP contribution in [0.15, 0.2) is 36.4 Å². The number of nitrogens with one attached hydrogen (secondary N) is 1. The molecule has 0 bridgehead atoms. The molecule has 0 unspecified atom stereocenters. The van der Waals surface area contributed by atoms with Crippen LogP contribution in [0.4, 0.5) is 9.18 Å². The number of ketones is 2. The number of carbonyl (C=O) groups excluding carboxylic acids is 3. The quantitative estimate of drug-likeness (QED) is 0.579. The number of carbonyl (C=O) groups is 3. The Balaban J connectivity index is 1.53. The molecule has 4 rings (SSSR count). The average Bonchev–Trinajstić information content (AvgIpc) is 2.79. The van der Waals surface area contributed by atoms with Crippen molar-refractivity contribution < 1.29 is 23.5 Å². The Hall–Kier alpha value is -3.22. The predicted molar refractivity (Wildman–Crippen MR) is 137 cm³/mol. The largest absolute Gasteiger partial charge is 0.496 e. The van der Waals surface area contributed by atoms with Gasteiger partial charge in [-0.1, -0.05) is 18.2 Å². The number of piperidine rings is 1. The van der Waals surface area contributed by atoms with Crippen LogP contribution in [0.5, 0.6) is 5.75 Å². The van der Waals surface area contributed by atoms with E-state index in [0.717, 1.165) is 16.7 Å². The number of halogens is 1. The molecule has 1 aliphatic carbocycles. The second-order valence-electron chi connectivity index (χ2n) is 11.3. The number of urea groups is 1. The van der Waals surface area contributed by atoms with Gasteiger partial charge < -0.3 is 15.0 Å². The molecular weight excluding hydrogens is 459 g/mol. The Bertz CT molecular complexity index is 1150. The van der Waals surface area contributed by atoms with Gasteiger partial charge in [0.15, 0.2) is 0 Å². The van der Waals surface area contributed by atoms with Gasteiger partial charge in [-0.15, -0.1) is 0 Å². The minimum absolute atomic E-state index is 0.0882.